The van der Waals surface area contributed by atoms with Gasteiger partial charge in [0.25, 0.3) is 5.91 Å². The number of nitrogens with one attached hydrogen (secondary N) is 2. The molecule has 170 valence electrons. The highest BCUT2D eigenvalue weighted by Gasteiger charge is 2.33. The number of ether oxygens (including phenoxy) is 1. The van der Waals surface area contributed by atoms with Gasteiger partial charge in [0.15, 0.2) is 0 Å². The Morgan fingerprint density at radius 1 is 1.16 bits per heavy atom. The monoisotopic (exact) mass is 432 g/mol. The molecule has 2 rings (SSSR count). The van der Waals surface area contributed by atoms with Gasteiger partial charge in [-0.3, -0.25) is 24.1 Å². The van der Waals surface area contributed by atoms with Crippen molar-refractivity contribution in [3.63, 3.8) is 0 Å². The van der Waals surface area contributed by atoms with Crippen molar-refractivity contribution in [1.82, 2.24) is 15.1 Å². The molecule has 0 spiro atoms. The molecule has 1 unspecified atom stereocenters. The second kappa shape index (κ2) is 12.0. The van der Waals surface area contributed by atoms with E-state index in [9.17, 15) is 19.2 Å². The van der Waals surface area contributed by atoms with Gasteiger partial charge in [0.2, 0.25) is 11.8 Å². The number of esters is 1. The summed E-state index contributed by atoms with van der Waals surface area (Å²) in [6.07, 6.45) is 0.606. The molecule has 1 fully saturated rings. The van der Waals surface area contributed by atoms with Gasteiger partial charge in [-0.05, 0) is 44.5 Å². The maximum Gasteiger partial charge on any atom is 0.307 e. The van der Waals surface area contributed by atoms with Crippen molar-refractivity contribution in [1.29, 1.82) is 0 Å². The van der Waals surface area contributed by atoms with E-state index in [2.05, 4.69) is 10.6 Å². The minimum atomic E-state index is -0.738. The fraction of sp³-hybridized carbons (Fsp3) is 0.545. The molecule has 9 nitrogen and oxygen atoms in total. The fourth-order valence-electron chi connectivity index (χ4n) is 3.38. The number of benzene rings is 1. The highest BCUT2D eigenvalue weighted by Crippen LogP contribution is 2.14. The molecule has 1 aromatic carbocycles. The van der Waals surface area contributed by atoms with Gasteiger partial charge in [0.1, 0.15) is 6.04 Å². The molecule has 1 saturated heterocycles. The van der Waals surface area contributed by atoms with Gasteiger partial charge in [-0.1, -0.05) is 6.92 Å². The Kier molecular flexibility index (Phi) is 9.45. The second-order valence-corrected chi connectivity index (χ2v) is 7.30. The third kappa shape index (κ3) is 7.06. The number of piperazine rings is 1. The second-order valence-electron chi connectivity index (χ2n) is 7.30. The zero-order chi connectivity index (χ0) is 22.8. The number of nitrogens with zero attached hydrogens (tertiary/aromatic N) is 2. The van der Waals surface area contributed by atoms with Crippen LogP contribution in [0.4, 0.5) is 5.69 Å². The smallest absolute Gasteiger partial charge is 0.307 e. The molecule has 0 aliphatic carbocycles. The first-order chi connectivity index (χ1) is 14.9. The summed E-state index contributed by atoms with van der Waals surface area (Å²) in [6, 6.07) is 5.97. The molecule has 0 radical (unpaired) electrons. The number of rotatable bonds is 10. The zero-order valence-electron chi connectivity index (χ0n) is 18.5. The molecule has 1 aliphatic rings. The fourth-order valence-corrected chi connectivity index (χ4v) is 3.38. The van der Waals surface area contributed by atoms with Gasteiger partial charge in [0, 0.05) is 37.4 Å². The van der Waals surface area contributed by atoms with Crippen LogP contribution in [0.3, 0.4) is 0 Å². The van der Waals surface area contributed by atoms with Crippen molar-refractivity contribution in [2.24, 2.45) is 0 Å². The predicted molar refractivity (Wildman–Crippen MR) is 117 cm³/mol. The average molecular weight is 433 g/mol. The van der Waals surface area contributed by atoms with Gasteiger partial charge in [-0.2, -0.15) is 0 Å². The van der Waals surface area contributed by atoms with E-state index in [0.717, 1.165) is 0 Å². The SMILES string of the molecule is CCCOC(=O)CC1C(=O)NCCN1CC(=O)Nc1ccc(C(=O)N(CC)CC)cc1. The van der Waals surface area contributed by atoms with Crippen LogP contribution in [-0.2, 0) is 19.1 Å². The van der Waals surface area contributed by atoms with E-state index in [4.69, 9.17) is 4.74 Å². The summed E-state index contributed by atoms with van der Waals surface area (Å²) in [4.78, 5) is 52.5. The van der Waals surface area contributed by atoms with Crippen LogP contribution in [0.25, 0.3) is 0 Å². The highest BCUT2D eigenvalue weighted by atomic mass is 16.5. The molecule has 1 atom stereocenters. The lowest BCUT2D eigenvalue weighted by Gasteiger charge is -2.33. The lowest BCUT2D eigenvalue weighted by molar-refractivity contribution is -0.148. The van der Waals surface area contributed by atoms with E-state index in [1.54, 1.807) is 34.1 Å². The van der Waals surface area contributed by atoms with Crippen LogP contribution in [0.1, 0.15) is 44.0 Å². The number of hydrogen-bond donors (Lipinski definition) is 2. The summed E-state index contributed by atoms with van der Waals surface area (Å²) in [5, 5.41) is 5.51. The van der Waals surface area contributed by atoms with Crippen LogP contribution in [-0.4, -0.2) is 78.9 Å². The molecule has 1 heterocycles. The van der Waals surface area contributed by atoms with Gasteiger partial charge >= 0.3 is 5.97 Å². The van der Waals surface area contributed by atoms with E-state index < -0.39 is 12.0 Å². The van der Waals surface area contributed by atoms with Crippen molar-refractivity contribution in [2.75, 3.05) is 44.6 Å². The van der Waals surface area contributed by atoms with Crippen molar-refractivity contribution in [3.05, 3.63) is 29.8 Å². The third-order valence-corrected chi connectivity index (χ3v) is 5.08. The van der Waals surface area contributed by atoms with E-state index in [1.165, 1.54) is 0 Å². The van der Waals surface area contributed by atoms with Crippen LogP contribution in [0, 0.1) is 0 Å². The van der Waals surface area contributed by atoms with Crippen LogP contribution in [0.15, 0.2) is 24.3 Å². The molecule has 31 heavy (non-hydrogen) atoms. The molecule has 0 aromatic heterocycles. The Morgan fingerprint density at radius 3 is 2.45 bits per heavy atom. The lowest BCUT2D eigenvalue weighted by Crippen LogP contribution is -2.57. The Balaban J connectivity index is 1.96. The number of hydrogen-bond acceptors (Lipinski definition) is 6. The molecule has 9 heteroatoms. The van der Waals surface area contributed by atoms with E-state index in [1.807, 2.05) is 20.8 Å². The Labute approximate surface area is 183 Å². The maximum atomic E-state index is 12.5. The molecule has 2 N–H and O–H groups in total. The average Bonchev–Trinajstić information content (AvgIpc) is 2.76. The van der Waals surface area contributed by atoms with Crippen LogP contribution in [0.5, 0.6) is 0 Å². The molecular weight excluding hydrogens is 400 g/mol. The predicted octanol–water partition coefficient (Wildman–Crippen LogP) is 1.25. The largest absolute Gasteiger partial charge is 0.466 e. The molecule has 0 saturated carbocycles. The normalized spacial score (nSPS) is 16.4. The van der Waals surface area contributed by atoms with Crippen LogP contribution in [0.2, 0.25) is 0 Å². The summed E-state index contributed by atoms with van der Waals surface area (Å²) < 4.78 is 5.08. The summed E-state index contributed by atoms with van der Waals surface area (Å²) in [6.45, 7) is 8.15. The summed E-state index contributed by atoms with van der Waals surface area (Å²) in [5.41, 5.74) is 1.11. The Bertz CT molecular complexity index is 777. The molecule has 0 bridgehead atoms. The lowest BCUT2D eigenvalue weighted by atomic mass is 10.1. The van der Waals surface area contributed by atoms with E-state index in [0.29, 0.717) is 50.5 Å². The topological polar surface area (TPSA) is 108 Å². The number of amides is 3. The third-order valence-electron chi connectivity index (χ3n) is 5.08. The van der Waals surface area contributed by atoms with Crippen molar-refractivity contribution in [2.45, 2.75) is 39.7 Å². The van der Waals surface area contributed by atoms with Crippen LogP contribution < -0.4 is 10.6 Å². The maximum absolute atomic E-state index is 12.5. The number of anilines is 1. The first kappa shape index (κ1) is 24.3. The van der Waals surface area contributed by atoms with Gasteiger partial charge in [-0.25, -0.2) is 0 Å². The minimum Gasteiger partial charge on any atom is -0.466 e. The minimum absolute atomic E-state index is 0.0285. The van der Waals surface area contributed by atoms with Crippen LogP contribution >= 0.6 is 0 Å². The van der Waals surface area contributed by atoms with Crippen molar-refractivity contribution < 1.29 is 23.9 Å². The quantitative estimate of drug-likeness (QED) is 0.539. The molecular formula is C22H32N4O5. The first-order valence-electron chi connectivity index (χ1n) is 10.8. The van der Waals surface area contributed by atoms with Crippen molar-refractivity contribution in [3.8, 4) is 0 Å². The van der Waals surface area contributed by atoms with Gasteiger partial charge < -0.3 is 20.3 Å². The van der Waals surface area contributed by atoms with E-state index >= 15 is 0 Å². The summed E-state index contributed by atoms with van der Waals surface area (Å²) >= 11 is 0. The summed E-state index contributed by atoms with van der Waals surface area (Å²) in [5.74, 6) is -1.10. The zero-order valence-corrected chi connectivity index (χ0v) is 18.5. The van der Waals surface area contributed by atoms with Gasteiger partial charge in [0.05, 0.1) is 19.6 Å². The number of carbonyl (C=O) groups excluding carboxylic acids is 4. The Hall–Kier alpha value is -2.94. The number of carbonyl (C=O) groups is 4. The highest BCUT2D eigenvalue weighted by molar-refractivity contribution is 5.96. The van der Waals surface area contributed by atoms with E-state index in [-0.39, 0.29) is 30.7 Å². The molecule has 1 aromatic rings. The van der Waals surface area contributed by atoms with Crippen molar-refractivity contribution >= 4 is 29.4 Å². The Morgan fingerprint density at radius 2 is 1.84 bits per heavy atom. The first-order valence-corrected chi connectivity index (χ1v) is 10.8. The molecule has 3 amide bonds. The summed E-state index contributed by atoms with van der Waals surface area (Å²) in [7, 11) is 0. The standard InChI is InChI=1S/C22H32N4O5/c1-4-13-31-20(28)14-18-21(29)23-11-12-26(18)15-19(27)24-17-9-7-16(8-10-17)22(30)25(5-2)6-3/h7-10,18H,4-6,11-15H2,1-3H3,(H,23,29)(H,24,27). The molecule has 1 aliphatic heterocycles. The van der Waals surface area contributed by atoms with Gasteiger partial charge in [-0.15, -0.1) is 0 Å².